The molecule has 0 aliphatic carbocycles. The van der Waals surface area contributed by atoms with E-state index in [0.717, 1.165) is 6.92 Å². The molecular weight excluding hydrogens is 1030 g/mol. The van der Waals surface area contributed by atoms with E-state index in [1.165, 1.54) is 0 Å². The van der Waals surface area contributed by atoms with Crippen LogP contribution in [0.2, 0.25) is 0 Å². The number of hydrogen-bond acceptors (Lipinski definition) is 19. The van der Waals surface area contributed by atoms with Crippen LogP contribution in [0.25, 0.3) is 0 Å². The normalized spacial score (nSPS) is 13.3. The minimum atomic E-state index is -2.77. The molecule has 28 heteroatoms. The van der Waals surface area contributed by atoms with E-state index in [1.807, 2.05) is 6.07 Å². The standard InChI is InChI=1S/C48H59F5N6O17/c1-31(60)55-37(27-34(61)10-12-54-46(64)32-6-5-9-36(26-32)75-35-7-3-2-4-8-35)38(62)28-48(57-67,47(65)66)74-25-24-72-22-23-73-30-33-29-59(58-56-33)13-15-69-17-19-71-21-20-70-18-16-68-14-11-39(63)76-45-43(52)41(50)40(49)42(51)44(45)53/h2-9,26,29,34,37-38,61-62H,10-25,27-28,30H2,1H3,(H,54,64)(H,55,60)(H,65,66)/t34-,37+,38+,48?/m1/s1. The second kappa shape index (κ2) is 33.4. The molecule has 23 nitrogen and oxygen atoms in total. The van der Waals surface area contributed by atoms with Gasteiger partial charge in [-0.3, -0.25) is 14.4 Å². The van der Waals surface area contributed by atoms with Crippen molar-refractivity contribution < 1.29 is 99.1 Å². The van der Waals surface area contributed by atoms with Crippen LogP contribution in [0, 0.1) is 34.0 Å². The van der Waals surface area contributed by atoms with Crippen LogP contribution < -0.4 is 20.1 Å². The minimum absolute atomic E-state index is 0.00149. The number of rotatable bonds is 39. The summed E-state index contributed by atoms with van der Waals surface area (Å²) in [5, 5.41) is 47.5. The van der Waals surface area contributed by atoms with Crippen LogP contribution >= 0.6 is 0 Å². The van der Waals surface area contributed by atoms with Gasteiger partial charge in [-0.05, 0) is 48.4 Å². The van der Waals surface area contributed by atoms with Crippen molar-refractivity contribution in [1.82, 2.24) is 25.6 Å². The van der Waals surface area contributed by atoms with E-state index in [0.29, 0.717) is 35.9 Å². The number of carbonyl (C=O) groups is 4. The number of nitrogens with one attached hydrogen (secondary N) is 2. The number of carbonyl (C=O) groups excluding carboxylic acids is 3. The third kappa shape index (κ3) is 21.5. The lowest BCUT2D eigenvalue weighted by Crippen LogP contribution is -2.51. The van der Waals surface area contributed by atoms with Crippen LogP contribution in [0.1, 0.15) is 48.7 Å². The van der Waals surface area contributed by atoms with Crippen molar-refractivity contribution in [3.8, 4) is 17.2 Å². The third-order valence-electron chi connectivity index (χ3n) is 10.4. The maximum absolute atomic E-state index is 13.6. The van der Waals surface area contributed by atoms with Gasteiger partial charge in [0.25, 0.3) is 5.91 Å². The predicted octanol–water partition coefficient (Wildman–Crippen LogP) is 3.75. The fourth-order valence-corrected chi connectivity index (χ4v) is 6.60. The summed E-state index contributed by atoms with van der Waals surface area (Å²) in [6, 6.07) is 14.2. The fourth-order valence-electron chi connectivity index (χ4n) is 6.60. The van der Waals surface area contributed by atoms with Crippen molar-refractivity contribution >= 4 is 23.8 Å². The summed E-state index contributed by atoms with van der Waals surface area (Å²) in [7, 11) is 0. The number of esters is 1. The van der Waals surface area contributed by atoms with Crippen LogP contribution in [0.5, 0.6) is 17.2 Å². The highest BCUT2D eigenvalue weighted by atomic mass is 19.2. The molecule has 0 aliphatic rings. The summed E-state index contributed by atoms with van der Waals surface area (Å²) in [6.45, 7) is 2.21. The molecule has 4 aromatic rings. The van der Waals surface area contributed by atoms with Gasteiger partial charge < -0.3 is 68.6 Å². The zero-order chi connectivity index (χ0) is 55.3. The molecular formula is C48H59F5N6O17. The number of nitrogens with zero attached hydrogens (tertiary/aromatic N) is 4. The number of nitroso groups, excluding NO2 is 1. The maximum atomic E-state index is 13.6. The van der Waals surface area contributed by atoms with Crippen LogP contribution in [0.15, 0.2) is 66.0 Å². The molecule has 0 aliphatic heterocycles. The lowest BCUT2D eigenvalue weighted by atomic mass is 9.95. The Morgan fingerprint density at radius 2 is 1.32 bits per heavy atom. The summed E-state index contributed by atoms with van der Waals surface area (Å²) in [4.78, 5) is 60.7. The molecule has 0 spiro atoms. The molecule has 3 aromatic carbocycles. The van der Waals surface area contributed by atoms with Gasteiger partial charge in [0.15, 0.2) is 0 Å². The van der Waals surface area contributed by atoms with Gasteiger partial charge in [-0.15, -0.1) is 10.0 Å². The average molecular weight is 1090 g/mol. The number of aromatic nitrogens is 3. The largest absolute Gasteiger partial charge is 0.478 e. The van der Waals surface area contributed by atoms with Crippen LogP contribution in [-0.4, -0.2) is 164 Å². The number of carboxylic acids is 1. The number of amides is 2. The number of para-hydroxylation sites is 1. The van der Waals surface area contributed by atoms with Gasteiger partial charge in [0.05, 0.1) is 123 Å². The summed E-state index contributed by atoms with van der Waals surface area (Å²) in [6.07, 6.45) is -2.98. The van der Waals surface area contributed by atoms with Crippen molar-refractivity contribution in [1.29, 1.82) is 0 Å². The highest BCUT2D eigenvalue weighted by Crippen LogP contribution is 2.30. The number of carboxylic acid groups (broad SMARTS) is 1. The SMILES string of the molecule is CC(=O)N[C@@H](C[C@H](O)CCNC(=O)c1cccc(Oc2ccccc2)c1)[C@@H](O)CC(N=O)(OCCOCCOCc1cn(CCOCCOCCOCCOCCC(=O)Oc2c(F)c(F)c(F)c(F)c2F)nn1)C(=O)O. The predicted molar refractivity (Wildman–Crippen MR) is 251 cm³/mol. The highest BCUT2D eigenvalue weighted by Gasteiger charge is 2.46. The van der Waals surface area contributed by atoms with Crippen LogP contribution in [0.4, 0.5) is 22.0 Å². The third-order valence-corrected chi connectivity index (χ3v) is 10.4. The van der Waals surface area contributed by atoms with Crippen molar-refractivity contribution in [3.63, 3.8) is 0 Å². The molecule has 1 unspecified atom stereocenters. The van der Waals surface area contributed by atoms with E-state index in [2.05, 4.69) is 30.9 Å². The van der Waals surface area contributed by atoms with E-state index < -0.39 is 102 Å². The molecule has 0 radical (unpaired) electrons. The zero-order valence-corrected chi connectivity index (χ0v) is 41.2. The molecule has 0 saturated carbocycles. The topological polar surface area (TPSA) is 296 Å². The zero-order valence-electron chi connectivity index (χ0n) is 41.2. The van der Waals surface area contributed by atoms with Gasteiger partial charge in [-0.2, -0.15) is 8.78 Å². The molecule has 5 N–H and O–H groups in total. The van der Waals surface area contributed by atoms with Gasteiger partial charge in [-0.25, -0.2) is 22.6 Å². The Labute approximate surface area is 431 Å². The first-order chi connectivity index (χ1) is 36.5. The number of ether oxygens (including phenoxy) is 9. The second-order valence-corrected chi connectivity index (χ2v) is 16.2. The quantitative estimate of drug-likeness (QED) is 0.00808. The van der Waals surface area contributed by atoms with Crippen molar-refractivity contribution in [2.75, 3.05) is 85.8 Å². The van der Waals surface area contributed by atoms with Gasteiger partial charge >= 0.3 is 17.7 Å². The molecule has 0 fully saturated rings. The average Bonchev–Trinajstić information content (AvgIpc) is 3.86. The first kappa shape index (κ1) is 61.9. The second-order valence-electron chi connectivity index (χ2n) is 16.2. The fraction of sp³-hybridized carbons (Fsp3) is 0.500. The Morgan fingerprint density at radius 3 is 1.93 bits per heavy atom. The maximum Gasteiger partial charge on any atom is 0.363 e. The number of aliphatic hydroxyl groups excluding tert-OH is 2. The molecule has 2 amide bonds. The Hall–Kier alpha value is -6.63. The monoisotopic (exact) mass is 1090 g/mol. The molecule has 1 aromatic heterocycles. The summed E-state index contributed by atoms with van der Waals surface area (Å²) in [5.74, 6) is -16.2. The molecule has 1 heterocycles. The minimum Gasteiger partial charge on any atom is -0.478 e. The van der Waals surface area contributed by atoms with E-state index in [-0.39, 0.29) is 92.1 Å². The highest BCUT2D eigenvalue weighted by molar-refractivity contribution is 5.94. The van der Waals surface area contributed by atoms with Gasteiger partial charge in [0, 0.05) is 25.5 Å². The first-order valence-corrected chi connectivity index (χ1v) is 23.6. The number of aliphatic carboxylic acids is 1. The lowest BCUT2D eigenvalue weighted by Gasteiger charge is -2.30. The summed E-state index contributed by atoms with van der Waals surface area (Å²) >= 11 is 0. The van der Waals surface area contributed by atoms with E-state index >= 15 is 0 Å². The Bertz CT molecular complexity index is 2420. The number of aliphatic hydroxyl groups is 2. The molecule has 0 saturated heterocycles. The van der Waals surface area contributed by atoms with E-state index in [1.54, 1.807) is 59.4 Å². The van der Waals surface area contributed by atoms with Crippen LogP contribution in [0.3, 0.4) is 0 Å². The number of halogens is 5. The van der Waals surface area contributed by atoms with Crippen molar-refractivity contribution in [2.24, 2.45) is 5.18 Å². The molecule has 418 valence electrons. The molecule has 0 bridgehead atoms. The van der Waals surface area contributed by atoms with Gasteiger partial charge in [-0.1, -0.05) is 29.5 Å². The Morgan fingerprint density at radius 1 is 0.737 bits per heavy atom. The Kier molecular flexibility index (Phi) is 27.2. The number of hydrogen-bond donors (Lipinski definition) is 5. The van der Waals surface area contributed by atoms with E-state index in [9.17, 15) is 61.4 Å². The van der Waals surface area contributed by atoms with Crippen molar-refractivity contribution in [2.45, 2.75) is 69.7 Å². The summed E-state index contributed by atoms with van der Waals surface area (Å²) in [5.41, 5.74) is -1.96. The van der Waals surface area contributed by atoms with Gasteiger partial charge in [0.2, 0.25) is 40.7 Å². The molecule has 4 atom stereocenters. The van der Waals surface area contributed by atoms with Crippen molar-refractivity contribution in [3.05, 3.63) is 106 Å². The summed E-state index contributed by atoms with van der Waals surface area (Å²) < 4.78 is 116. The van der Waals surface area contributed by atoms with Gasteiger partial charge in [0.1, 0.15) is 17.2 Å². The Balaban J connectivity index is 1.01. The first-order valence-electron chi connectivity index (χ1n) is 23.6. The van der Waals surface area contributed by atoms with E-state index in [4.69, 9.17) is 37.9 Å². The smallest absolute Gasteiger partial charge is 0.363 e. The van der Waals surface area contributed by atoms with Crippen LogP contribution in [-0.2, 0) is 60.7 Å². The number of benzene rings is 3. The molecule has 4 rings (SSSR count). The lowest BCUT2D eigenvalue weighted by molar-refractivity contribution is -0.172. The molecule has 76 heavy (non-hydrogen) atoms.